The summed E-state index contributed by atoms with van der Waals surface area (Å²) in [7, 11) is 0. The van der Waals surface area contributed by atoms with Crippen LogP contribution in [0.4, 0.5) is 11.5 Å². The van der Waals surface area contributed by atoms with E-state index in [1.807, 2.05) is 0 Å². The minimum Gasteiger partial charge on any atom is -0.384 e. The molecule has 68 valence electrons. The molecular weight excluding hydrogens is 168 g/mol. The number of hydrogen-bond donors (Lipinski definition) is 3. The van der Waals surface area contributed by atoms with E-state index in [1.54, 1.807) is 6.07 Å². The molecule has 1 aromatic rings. The van der Waals surface area contributed by atoms with Gasteiger partial charge in [-0.05, 0) is 0 Å². The minimum atomic E-state index is -0.104. The van der Waals surface area contributed by atoms with Gasteiger partial charge in [-0.1, -0.05) is 0 Å². The van der Waals surface area contributed by atoms with Crippen LogP contribution >= 0.6 is 0 Å². The zero-order valence-electron chi connectivity index (χ0n) is 7.00. The summed E-state index contributed by atoms with van der Waals surface area (Å²) in [6.45, 7) is 1.33. The van der Waals surface area contributed by atoms with Crippen molar-refractivity contribution < 1.29 is 4.79 Å². The number of carbonyl (C=O) groups is 1. The molecule has 0 saturated carbocycles. The van der Waals surface area contributed by atoms with Gasteiger partial charge in [0.15, 0.2) is 0 Å². The van der Waals surface area contributed by atoms with Crippen LogP contribution in [-0.4, -0.2) is 24.0 Å². The fraction of sp³-hybridized carbons (Fsp3) is 0.250. The number of nitrogens with one attached hydrogen (secondary N) is 2. The average molecular weight is 178 g/mol. The van der Waals surface area contributed by atoms with Gasteiger partial charge in [-0.25, -0.2) is 4.98 Å². The maximum absolute atomic E-state index is 11.4. The van der Waals surface area contributed by atoms with Gasteiger partial charge in [0.1, 0.15) is 5.82 Å². The number of carbonyl (C=O) groups excluding carboxylic acids is 1. The molecule has 0 bridgehead atoms. The monoisotopic (exact) mass is 178 g/mol. The summed E-state index contributed by atoms with van der Waals surface area (Å²) in [6, 6.07) is 1.67. The van der Waals surface area contributed by atoms with Crippen molar-refractivity contribution in [2.45, 2.75) is 0 Å². The lowest BCUT2D eigenvalue weighted by Crippen LogP contribution is -2.24. The van der Waals surface area contributed by atoms with E-state index in [0.717, 1.165) is 5.69 Å². The van der Waals surface area contributed by atoms with Crippen molar-refractivity contribution in [1.29, 1.82) is 0 Å². The highest BCUT2D eigenvalue weighted by Gasteiger charge is 2.14. The minimum absolute atomic E-state index is 0.104. The Hall–Kier alpha value is -1.78. The van der Waals surface area contributed by atoms with Gasteiger partial charge in [-0.2, -0.15) is 0 Å². The first-order chi connectivity index (χ1) is 6.27. The third-order valence-electron chi connectivity index (χ3n) is 1.90. The molecule has 5 nitrogen and oxygen atoms in total. The van der Waals surface area contributed by atoms with Crippen molar-refractivity contribution in [2.24, 2.45) is 0 Å². The Balaban J connectivity index is 2.48. The quantitative estimate of drug-likeness (QED) is 0.514. The van der Waals surface area contributed by atoms with E-state index in [-0.39, 0.29) is 5.91 Å². The molecule has 1 aliphatic rings. The molecule has 5 heteroatoms. The highest BCUT2D eigenvalue weighted by atomic mass is 16.1. The van der Waals surface area contributed by atoms with Crippen LogP contribution in [0, 0.1) is 0 Å². The van der Waals surface area contributed by atoms with Crippen LogP contribution in [0.2, 0.25) is 0 Å². The Morgan fingerprint density at radius 2 is 2.15 bits per heavy atom. The summed E-state index contributed by atoms with van der Waals surface area (Å²) in [6.07, 6.45) is 1.48. The lowest BCUT2D eigenvalue weighted by atomic mass is 10.2. The van der Waals surface area contributed by atoms with Crippen LogP contribution in [0.3, 0.4) is 0 Å². The van der Waals surface area contributed by atoms with Crippen molar-refractivity contribution in [2.75, 3.05) is 24.1 Å². The largest absolute Gasteiger partial charge is 0.384 e. The van der Waals surface area contributed by atoms with Gasteiger partial charge in [-0.3, -0.25) is 4.79 Å². The Morgan fingerprint density at radius 1 is 1.38 bits per heavy atom. The standard InChI is InChI=1S/C8H10N4O/c9-7-3-6-5(4-12-7)8(13)11-2-1-10-6/h3-4,10H,1-2H2,(H2,9,12)(H,11,13). The predicted molar refractivity (Wildman–Crippen MR) is 49.5 cm³/mol. The summed E-state index contributed by atoms with van der Waals surface area (Å²) < 4.78 is 0. The maximum atomic E-state index is 11.4. The molecule has 1 amide bonds. The Kier molecular flexibility index (Phi) is 1.77. The van der Waals surface area contributed by atoms with E-state index < -0.39 is 0 Å². The second-order valence-corrected chi connectivity index (χ2v) is 2.84. The van der Waals surface area contributed by atoms with Crippen LogP contribution in [0.25, 0.3) is 0 Å². The van der Waals surface area contributed by atoms with E-state index >= 15 is 0 Å². The van der Waals surface area contributed by atoms with E-state index in [9.17, 15) is 4.79 Å². The number of pyridine rings is 1. The van der Waals surface area contributed by atoms with Gasteiger partial charge >= 0.3 is 0 Å². The first-order valence-electron chi connectivity index (χ1n) is 4.05. The van der Waals surface area contributed by atoms with Gasteiger partial charge in [0.2, 0.25) is 0 Å². The number of aromatic nitrogens is 1. The van der Waals surface area contributed by atoms with Crippen molar-refractivity contribution in [3.63, 3.8) is 0 Å². The number of fused-ring (bicyclic) bond motifs is 1. The lowest BCUT2D eigenvalue weighted by molar-refractivity contribution is 0.0957. The molecule has 0 spiro atoms. The van der Waals surface area contributed by atoms with Crippen LogP contribution in [0.15, 0.2) is 12.3 Å². The fourth-order valence-electron chi connectivity index (χ4n) is 1.27. The summed E-state index contributed by atoms with van der Waals surface area (Å²) in [5.74, 6) is 0.313. The number of amides is 1. The third-order valence-corrected chi connectivity index (χ3v) is 1.90. The lowest BCUT2D eigenvalue weighted by Gasteiger charge is -2.04. The Labute approximate surface area is 75.3 Å². The fourth-order valence-corrected chi connectivity index (χ4v) is 1.27. The molecule has 1 aromatic heterocycles. The van der Waals surface area contributed by atoms with Gasteiger partial charge in [0, 0.05) is 25.4 Å². The molecule has 0 saturated heterocycles. The molecule has 1 aliphatic heterocycles. The van der Waals surface area contributed by atoms with Crippen LogP contribution in [-0.2, 0) is 0 Å². The van der Waals surface area contributed by atoms with Crippen LogP contribution in [0.5, 0.6) is 0 Å². The molecular formula is C8H10N4O. The molecule has 0 aliphatic carbocycles. The molecule has 0 unspecified atom stereocenters. The van der Waals surface area contributed by atoms with Crippen LogP contribution < -0.4 is 16.4 Å². The second-order valence-electron chi connectivity index (χ2n) is 2.84. The molecule has 0 radical (unpaired) electrons. The summed E-state index contributed by atoms with van der Waals surface area (Å²) in [4.78, 5) is 15.2. The SMILES string of the molecule is Nc1cc2c(cn1)C(=O)NCCN2. The second kappa shape index (κ2) is 2.93. The molecule has 2 heterocycles. The highest BCUT2D eigenvalue weighted by Crippen LogP contribution is 2.17. The smallest absolute Gasteiger partial charge is 0.255 e. The number of anilines is 2. The van der Waals surface area contributed by atoms with Crippen LogP contribution in [0.1, 0.15) is 10.4 Å². The molecule has 2 rings (SSSR count). The molecule has 0 atom stereocenters. The van der Waals surface area contributed by atoms with Gasteiger partial charge < -0.3 is 16.4 Å². The van der Waals surface area contributed by atoms with Crippen molar-refractivity contribution >= 4 is 17.4 Å². The molecule has 4 N–H and O–H groups in total. The van der Waals surface area contributed by atoms with E-state index in [4.69, 9.17) is 5.73 Å². The predicted octanol–water partition coefficient (Wildman–Crippen LogP) is -0.181. The van der Waals surface area contributed by atoms with Gasteiger partial charge in [-0.15, -0.1) is 0 Å². The summed E-state index contributed by atoms with van der Waals surface area (Å²) >= 11 is 0. The maximum Gasteiger partial charge on any atom is 0.255 e. The van der Waals surface area contributed by atoms with E-state index in [2.05, 4.69) is 15.6 Å². The first kappa shape index (κ1) is 7.85. The van der Waals surface area contributed by atoms with Crippen molar-refractivity contribution in [3.05, 3.63) is 17.8 Å². The van der Waals surface area contributed by atoms with E-state index in [0.29, 0.717) is 24.5 Å². The third kappa shape index (κ3) is 1.40. The summed E-state index contributed by atoms with van der Waals surface area (Å²) in [5.41, 5.74) is 6.80. The molecule has 13 heavy (non-hydrogen) atoms. The average Bonchev–Trinajstić information content (AvgIpc) is 2.28. The normalized spacial score (nSPS) is 15.2. The van der Waals surface area contributed by atoms with Gasteiger partial charge in [0.25, 0.3) is 5.91 Å². The first-order valence-corrected chi connectivity index (χ1v) is 4.05. The van der Waals surface area contributed by atoms with Crippen molar-refractivity contribution in [1.82, 2.24) is 10.3 Å². The number of nitrogens with two attached hydrogens (primary N) is 1. The Bertz CT molecular complexity index is 350. The topological polar surface area (TPSA) is 80.0 Å². The zero-order chi connectivity index (χ0) is 9.26. The number of nitrogens with zero attached hydrogens (tertiary/aromatic N) is 1. The van der Waals surface area contributed by atoms with E-state index in [1.165, 1.54) is 6.20 Å². The Morgan fingerprint density at radius 3 is 3.00 bits per heavy atom. The molecule has 0 fully saturated rings. The number of hydrogen-bond acceptors (Lipinski definition) is 4. The summed E-state index contributed by atoms with van der Waals surface area (Å²) in [5, 5.41) is 5.83. The highest BCUT2D eigenvalue weighted by molar-refractivity contribution is 6.00. The van der Waals surface area contributed by atoms with Gasteiger partial charge in [0.05, 0.1) is 11.3 Å². The number of nitrogen functional groups attached to an aromatic ring is 1. The molecule has 0 aromatic carbocycles. The number of rotatable bonds is 0. The van der Waals surface area contributed by atoms with Crippen molar-refractivity contribution in [3.8, 4) is 0 Å². The zero-order valence-corrected chi connectivity index (χ0v) is 7.00.